The van der Waals surface area contributed by atoms with Crippen LogP contribution in [0.3, 0.4) is 0 Å². The van der Waals surface area contributed by atoms with Gasteiger partial charge in [0.2, 0.25) is 0 Å². The highest BCUT2D eigenvalue weighted by Crippen LogP contribution is 2.37. The van der Waals surface area contributed by atoms with Gasteiger partial charge >= 0.3 is 0 Å². The Morgan fingerprint density at radius 1 is 1.00 bits per heavy atom. The fraction of sp³-hybridized carbons (Fsp3) is 0.222. The molecule has 0 radical (unpaired) electrons. The minimum atomic E-state index is 1.09. The van der Waals surface area contributed by atoms with E-state index in [-0.39, 0.29) is 0 Å². The zero-order valence-electron chi connectivity index (χ0n) is 12.2. The van der Waals surface area contributed by atoms with Gasteiger partial charge in [-0.25, -0.2) is 0 Å². The predicted octanol–water partition coefficient (Wildman–Crippen LogP) is 3.99. The van der Waals surface area contributed by atoms with Crippen LogP contribution in [-0.2, 0) is 12.8 Å². The van der Waals surface area contributed by atoms with E-state index in [0.717, 1.165) is 23.9 Å². The monoisotopic (exact) mass is 288 g/mol. The molecule has 3 aromatic heterocycles. The quantitative estimate of drug-likeness (QED) is 0.556. The van der Waals surface area contributed by atoms with Crippen LogP contribution in [0.1, 0.15) is 24.0 Å². The Morgan fingerprint density at radius 3 is 2.77 bits per heavy atom. The highest BCUT2D eigenvalue weighted by Gasteiger charge is 2.20. The molecule has 0 unspecified atom stereocenters. The maximum Gasteiger partial charge on any atom is 0.0710 e. The Hall–Kier alpha value is -2.62. The molecule has 108 valence electrons. The van der Waals surface area contributed by atoms with Crippen LogP contribution in [-0.4, -0.2) is 20.2 Å². The summed E-state index contributed by atoms with van der Waals surface area (Å²) in [4.78, 5) is 8.11. The molecule has 5 rings (SSSR count). The SMILES string of the molecule is c1cc2c(ccc3[nH]c(-c4cn[nH]c4)c4c(c32)CCCC4)n1. The van der Waals surface area contributed by atoms with E-state index in [1.807, 2.05) is 18.6 Å². The van der Waals surface area contributed by atoms with E-state index in [4.69, 9.17) is 0 Å². The summed E-state index contributed by atoms with van der Waals surface area (Å²) in [7, 11) is 0. The molecule has 0 saturated heterocycles. The summed E-state index contributed by atoms with van der Waals surface area (Å²) in [6.07, 6.45) is 10.6. The first-order valence-electron chi connectivity index (χ1n) is 7.82. The summed E-state index contributed by atoms with van der Waals surface area (Å²) in [6, 6.07) is 6.39. The van der Waals surface area contributed by atoms with Crippen LogP contribution in [0.4, 0.5) is 0 Å². The lowest BCUT2D eigenvalue weighted by Crippen LogP contribution is -2.07. The number of aromatic nitrogens is 4. The number of hydrogen-bond donors (Lipinski definition) is 2. The number of H-pyrrole nitrogens is 2. The predicted molar refractivity (Wildman–Crippen MR) is 87.8 cm³/mol. The van der Waals surface area contributed by atoms with E-state index >= 15 is 0 Å². The van der Waals surface area contributed by atoms with Gasteiger partial charge in [-0.3, -0.25) is 10.1 Å². The first-order chi connectivity index (χ1) is 10.9. The van der Waals surface area contributed by atoms with Crippen molar-refractivity contribution in [2.75, 3.05) is 0 Å². The second kappa shape index (κ2) is 4.44. The number of aryl methyl sites for hydroxylation is 1. The molecule has 4 aromatic rings. The Balaban J connectivity index is 1.95. The number of nitrogens with zero attached hydrogens (tertiary/aromatic N) is 2. The molecule has 4 heteroatoms. The van der Waals surface area contributed by atoms with Crippen molar-refractivity contribution in [2.24, 2.45) is 0 Å². The average molecular weight is 288 g/mol. The molecule has 1 aliphatic rings. The Kier molecular flexibility index (Phi) is 2.41. The standard InChI is InChI=1S/C18H16N4/c1-2-4-13-12(3-1)17-14-7-8-19-15(14)5-6-16(17)22-18(13)11-9-20-21-10-11/h5-10,22H,1-4H2,(H,20,21). The fourth-order valence-corrected chi connectivity index (χ4v) is 3.81. The Bertz CT molecular complexity index is 979. The normalized spacial score (nSPS) is 14.5. The minimum Gasteiger partial charge on any atom is -0.354 e. The van der Waals surface area contributed by atoms with Gasteiger partial charge in [0.25, 0.3) is 0 Å². The number of benzene rings is 1. The maximum absolute atomic E-state index is 4.46. The molecular formula is C18H16N4. The van der Waals surface area contributed by atoms with Crippen LogP contribution < -0.4 is 0 Å². The first kappa shape index (κ1) is 12.0. The van der Waals surface area contributed by atoms with Gasteiger partial charge < -0.3 is 4.98 Å². The van der Waals surface area contributed by atoms with Gasteiger partial charge in [0.15, 0.2) is 0 Å². The average Bonchev–Trinajstić information content (AvgIpc) is 3.25. The summed E-state index contributed by atoms with van der Waals surface area (Å²) in [5, 5.41) is 9.67. The summed E-state index contributed by atoms with van der Waals surface area (Å²) in [6.45, 7) is 0. The highest BCUT2D eigenvalue weighted by molar-refractivity contribution is 6.08. The molecule has 3 heterocycles. The summed E-state index contributed by atoms with van der Waals surface area (Å²) < 4.78 is 0. The van der Waals surface area contributed by atoms with Gasteiger partial charge in [-0.2, -0.15) is 5.10 Å². The molecule has 2 N–H and O–H groups in total. The third kappa shape index (κ3) is 1.58. The van der Waals surface area contributed by atoms with Gasteiger partial charge in [-0.15, -0.1) is 0 Å². The second-order valence-corrected chi connectivity index (χ2v) is 6.02. The molecular weight excluding hydrogens is 272 g/mol. The van der Waals surface area contributed by atoms with E-state index in [9.17, 15) is 0 Å². The third-order valence-corrected chi connectivity index (χ3v) is 4.80. The molecule has 22 heavy (non-hydrogen) atoms. The number of aromatic amines is 2. The molecule has 0 spiro atoms. The van der Waals surface area contributed by atoms with Crippen molar-refractivity contribution >= 4 is 21.8 Å². The van der Waals surface area contributed by atoms with Gasteiger partial charge in [-0.05, 0) is 55.0 Å². The van der Waals surface area contributed by atoms with Gasteiger partial charge in [-0.1, -0.05) is 0 Å². The molecule has 4 nitrogen and oxygen atoms in total. The van der Waals surface area contributed by atoms with Crippen molar-refractivity contribution < 1.29 is 0 Å². The lowest BCUT2D eigenvalue weighted by Gasteiger charge is -2.22. The molecule has 0 saturated carbocycles. The zero-order valence-corrected chi connectivity index (χ0v) is 12.2. The van der Waals surface area contributed by atoms with Crippen LogP contribution in [0.5, 0.6) is 0 Å². The maximum atomic E-state index is 4.46. The van der Waals surface area contributed by atoms with Crippen LogP contribution in [0.2, 0.25) is 0 Å². The number of rotatable bonds is 1. The lowest BCUT2D eigenvalue weighted by atomic mass is 9.86. The van der Waals surface area contributed by atoms with E-state index < -0.39 is 0 Å². The molecule has 0 atom stereocenters. The Morgan fingerprint density at radius 2 is 1.91 bits per heavy atom. The number of hydrogen-bond acceptors (Lipinski definition) is 2. The zero-order chi connectivity index (χ0) is 14.5. The van der Waals surface area contributed by atoms with Crippen LogP contribution in [0.25, 0.3) is 33.1 Å². The van der Waals surface area contributed by atoms with Crippen LogP contribution in [0.15, 0.2) is 36.8 Å². The van der Waals surface area contributed by atoms with E-state index in [1.165, 1.54) is 46.0 Å². The smallest absolute Gasteiger partial charge is 0.0710 e. The van der Waals surface area contributed by atoms with Crippen molar-refractivity contribution in [3.05, 3.63) is 47.9 Å². The molecule has 0 fully saturated rings. The number of fused-ring (bicyclic) bond motifs is 5. The fourth-order valence-electron chi connectivity index (χ4n) is 3.81. The molecule has 0 amide bonds. The summed E-state index contributed by atoms with van der Waals surface area (Å²) in [5.74, 6) is 0. The highest BCUT2D eigenvalue weighted by atomic mass is 15.1. The van der Waals surface area contributed by atoms with Gasteiger partial charge in [0.1, 0.15) is 0 Å². The summed E-state index contributed by atoms with van der Waals surface area (Å²) in [5.41, 5.74) is 7.58. The largest absolute Gasteiger partial charge is 0.354 e. The van der Waals surface area contributed by atoms with Crippen molar-refractivity contribution in [3.63, 3.8) is 0 Å². The van der Waals surface area contributed by atoms with Crippen LogP contribution >= 0.6 is 0 Å². The molecule has 0 bridgehead atoms. The lowest BCUT2D eigenvalue weighted by molar-refractivity contribution is 0.689. The van der Waals surface area contributed by atoms with Gasteiger partial charge in [0.05, 0.1) is 17.4 Å². The third-order valence-electron chi connectivity index (χ3n) is 4.80. The first-order valence-corrected chi connectivity index (χ1v) is 7.82. The van der Waals surface area contributed by atoms with Crippen molar-refractivity contribution in [1.82, 2.24) is 20.2 Å². The number of nitrogens with one attached hydrogen (secondary N) is 2. The topological polar surface area (TPSA) is 57.4 Å². The van der Waals surface area contributed by atoms with Crippen molar-refractivity contribution in [1.29, 1.82) is 0 Å². The van der Waals surface area contributed by atoms with Crippen molar-refractivity contribution in [2.45, 2.75) is 25.7 Å². The van der Waals surface area contributed by atoms with E-state index in [2.05, 4.69) is 38.4 Å². The van der Waals surface area contributed by atoms with E-state index in [1.54, 1.807) is 0 Å². The van der Waals surface area contributed by atoms with Crippen molar-refractivity contribution in [3.8, 4) is 11.3 Å². The van der Waals surface area contributed by atoms with Gasteiger partial charge in [0, 0.05) is 34.2 Å². The molecule has 0 aliphatic heterocycles. The molecule has 1 aliphatic carbocycles. The van der Waals surface area contributed by atoms with E-state index in [0.29, 0.717) is 0 Å². The number of pyridine rings is 1. The minimum absolute atomic E-state index is 1.09. The van der Waals surface area contributed by atoms with Crippen LogP contribution in [0, 0.1) is 0 Å². The molecule has 1 aromatic carbocycles. The summed E-state index contributed by atoms with van der Waals surface area (Å²) >= 11 is 0. The Labute approximate surface area is 127 Å². The second-order valence-electron chi connectivity index (χ2n) is 6.02.